The van der Waals surface area contributed by atoms with E-state index in [1.165, 1.54) is 17.8 Å². The van der Waals surface area contributed by atoms with Crippen molar-refractivity contribution in [2.24, 2.45) is 0 Å². The maximum atomic E-state index is 11.1. The molecule has 2 aromatic carbocycles. The van der Waals surface area contributed by atoms with E-state index in [9.17, 15) is 10.1 Å². The van der Waals surface area contributed by atoms with Crippen LogP contribution >= 0.6 is 11.8 Å². The third-order valence-electron chi connectivity index (χ3n) is 3.48. The van der Waals surface area contributed by atoms with Crippen molar-refractivity contribution in [3.05, 3.63) is 64.8 Å². The second kappa shape index (κ2) is 5.36. The van der Waals surface area contributed by atoms with Gasteiger partial charge in [-0.1, -0.05) is 23.9 Å². The molecule has 0 unspecified atom stereocenters. The first-order valence-electron chi connectivity index (χ1n) is 6.87. The Morgan fingerprint density at radius 1 is 1.09 bits per heavy atom. The Kier molecular flexibility index (Phi) is 3.20. The van der Waals surface area contributed by atoms with E-state index in [-0.39, 0.29) is 5.69 Å². The molecule has 0 amide bonds. The maximum Gasteiger partial charge on any atom is 0.295 e. The molecule has 1 N–H and O–H groups in total. The van der Waals surface area contributed by atoms with Crippen molar-refractivity contribution in [2.45, 2.75) is 10.1 Å². The van der Waals surface area contributed by atoms with Gasteiger partial charge in [-0.25, -0.2) is 9.97 Å². The number of fused-ring (bicyclic) bond motifs is 2. The van der Waals surface area contributed by atoms with Crippen molar-refractivity contribution in [3.63, 3.8) is 0 Å². The highest BCUT2D eigenvalue weighted by molar-refractivity contribution is 7.99. The Labute approximate surface area is 134 Å². The van der Waals surface area contributed by atoms with E-state index < -0.39 is 4.92 Å². The van der Waals surface area contributed by atoms with Crippen LogP contribution in [0.3, 0.4) is 0 Å². The first kappa shape index (κ1) is 13.7. The van der Waals surface area contributed by atoms with E-state index >= 15 is 0 Å². The molecule has 0 saturated heterocycles. The van der Waals surface area contributed by atoms with Gasteiger partial charge in [-0.05, 0) is 30.3 Å². The number of nitrogens with zero attached hydrogens (tertiary/aromatic N) is 3. The van der Waals surface area contributed by atoms with E-state index in [0.717, 1.165) is 26.5 Å². The number of hydrogen-bond acceptors (Lipinski definition) is 5. The van der Waals surface area contributed by atoms with Gasteiger partial charge in [0, 0.05) is 22.5 Å². The van der Waals surface area contributed by atoms with Gasteiger partial charge in [0.25, 0.3) is 5.69 Å². The van der Waals surface area contributed by atoms with Crippen molar-refractivity contribution in [2.75, 3.05) is 0 Å². The fraction of sp³-hybridized carbons (Fsp3) is 0. The lowest BCUT2D eigenvalue weighted by Crippen LogP contribution is -1.92. The summed E-state index contributed by atoms with van der Waals surface area (Å²) in [4.78, 5) is 23.5. The second-order valence-corrected chi connectivity index (χ2v) is 5.93. The van der Waals surface area contributed by atoms with Crippen molar-refractivity contribution in [3.8, 4) is 0 Å². The number of nitrogens with one attached hydrogen (secondary N) is 1. The molecule has 2 aromatic heterocycles. The summed E-state index contributed by atoms with van der Waals surface area (Å²) in [6.45, 7) is 0. The number of aromatic nitrogens is 3. The molecule has 2 heterocycles. The third kappa shape index (κ3) is 2.40. The van der Waals surface area contributed by atoms with Crippen molar-refractivity contribution in [1.29, 1.82) is 0 Å². The van der Waals surface area contributed by atoms with Gasteiger partial charge in [0.2, 0.25) is 0 Å². The number of nitro benzene ring substituents is 1. The summed E-state index contributed by atoms with van der Waals surface area (Å²) >= 11 is 1.43. The predicted octanol–water partition coefficient (Wildman–Crippen LogP) is 4.17. The van der Waals surface area contributed by atoms with Gasteiger partial charge in [-0.15, -0.1) is 0 Å². The fourth-order valence-corrected chi connectivity index (χ4v) is 3.37. The molecule has 0 radical (unpaired) electrons. The SMILES string of the molecule is O=[N+]([O-])c1ccc(Sc2nc3ccccc3[nH]2)c2cccnc12. The number of non-ortho nitro benzene ring substituents is 1. The van der Waals surface area contributed by atoms with Crippen LogP contribution in [-0.4, -0.2) is 19.9 Å². The molecule has 0 spiro atoms. The number of hydrogen-bond donors (Lipinski definition) is 1. The normalized spacial score (nSPS) is 11.1. The minimum atomic E-state index is -0.412. The summed E-state index contributed by atoms with van der Waals surface area (Å²) in [5.41, 5.74) is 2.24. The lowest BCUT2D eigenvalue weighted by Gasteiger charge is -2.04. The Balaban J connectivity index is 1.83. The van der Waals surface area contributed by atoms with E-state index in [4.69, 9.17) is 0 Å². The van der Waals surface area contributed by atoms with Crippen LogP contribution < -0.4 is 0 Å². The summed E-state index contributed by atoms with van der Waals surface area (Å²) in [6, 6.07) is 14.6. The first-order valence-corrected chi connectivity index (χ1v) is 7.69. The topological polar surface area (TPSA) is 84.7 Å². The molecule has 112 valence electrons. The first-order chi connectivity index (χ1) is 11.2. The van der Waals surface area contributed by atoms with Gasteiger partial charge in [0.05, 0.1) is 16.0 Å². The van der Waals surface area contributed by atoms with Crippen LogP contribution in [-0.2, 0) is 0 Å². The molecule has 4 aromatic rings. The molecule has 0 aliphatic carbocycles. The monoisotopic (exact) mass is 322 g/mol. The summed E-state index contributed by atoms with van der Waals surface area (Å²) in [5, 5.41) is 12.6. The van der Waals surface area contributed by atoms with Gasteiger partial charge < -0.3 is 4.98 Å². The summed E-state index contributed by atoms with van der Waals surface area (Å²) < 4.78 is 0. The molecule has 6 nitrogen and oxygen atoms in total. The number of rotatable bonds is 3. The number of imidazole rings is 1. The van der Waals surface area contributed by atoms with Crippen molar-refractivity contribution >= 4 is 39.4 Å². The quantitative estimate of drug-likeness (QED) is 0.452. The van der Waals surface area contributed by atoms with Gasteiger partial charge in [-0.3, -0.25) is 10.1 Å². The van der Waals surface area contributed by atoms with E-state index in [1.807, 2.05) is 30.3 Å². The van der Waals surface area contributed by atoms with E-state index in [1.54, 1.807) is 18.3 Å². The highest BCUT2D eigenvalue weighted by Gasteiger charge is 2.16. The minimum Gasteiger partial charge on any atom is -0.333 e. The van der Waals surface area contributed by atoms with E-state index in [2.05, 4.69) is 15.0 Å². The largest absolute Gasteiger partial charge is 0.333 e. The zero-order valence-electron chi connectivity index (χ0n) is 11.8. The zero-order chi connectivity index (χ0) is 15.8. The van der Waals surface area contributed by atoms with Crippen LogP contribution in [0.15, 0.2) is 64.8 Å². The maximum absolute atomic E-state index is 11.1. The number of pyridine rings is 1. The Bertz CT molecular complexity index is 1010. The van der Waals surface area contributed by atoms with Gasteiger partial charge in [0.15, 0.2) is 5.16 Å². The summed E-state index contributed by atoms with van der Waals surface area (Å²) in [5.74, 6) is 0. The molecular formula is C16H10N4O2S. The van der Waals surface area contributed by atoms with Crippen molar-refractivity contribution < 1.29 is 4.92 Å². The number of aromatic amines is 1. The Morgan fingerprint density at radius 3 is 2.78 bits per heavy atom. The lowest BCUT2D eigenvalue weighted by atomic mass is 10.2. The predicted molar refractivity (Wildman–Crippen MR) is 88.6 cm³/mol. The summed E-state index contributed by atoms with van der Waals surface area (Å²) in [7, 11) is 0. The van der Waals surface area contributed by atoms with Crippen LogP contribution in [0.5, 0.6) is 0 Å². The number of nitro groups is 1. The van der Waals surface area contributed by atoms with Crippen molar-refractivity contribution in [1.82, 2.24) is 15.0 Å². The number of benzene rings is 2. The number of para-hydroxylation sites is 2. The van der Waals surface area contributed by atoms with E-state index in [0.29, 0.717) is 5.52 Å². The van der Waals surface area contributed by atoms with Gasteiger partial charge >= 0.3 is 0 Å². The molecular weight excluding hydrogens is 312 g/mol. The van der Waals surface area contributed by atoms with Crippen LogP contribution in [0.2, 0.25) is 0 Å². The molecule has 0 atom stereocenters. The molecule has 4 rings (SSSR count). The molecule has 0 aliphatic rings. The molecule has 7 heteroatoms. The standard InChI is InChI=1S/C16H10N4O2S/c21-20(22)13-7-8-14(10-4-3-9-17-15(10)13)23-16-18-11-5-1-2-6-12(11)19-16/h1-9H,(H,18,19). The highest BCUT2D eigenvalue weighted by Crippen LogP contribution is 2.35. The Morgan fingerprint density at radius 2 is 1.96 bits per heavy atom. The average molecular weight is 322 g/mol. The van der Waals surface area contributed by atoms with Crippen LogP contribution in [0.4, 0.5) is 5.69 Å². The smallest absolute Gasteiger partial charge is 0.295 e. The lowest BCUT2D eigenvalue weighted by molar-refractivity contribution is -0.383. The average Bonchev–Trinajstić information content (AvgIpc) is 2.97. The highest BCUT2D eigenvalue weighted by atomic mass is 32.2. The molecule has 0 aliphatic heterocycles. The Hall–Kier alpha value is -2.93. The van der Waals surface area contributed by atoms with Gasteiger partial charge in [0.1, 0.15) is 5.52 Å². The van der Waals surface area contributed by atoms with Crippen LogP contribution in [0, 0.1) is 10.1 Å². The van der Waals surface area contributed by atoms with Gasteiger partial charge in [-0.2, -0.15) is 0 Å². The third-order valence-corrected chi connectivity index (χ3v) is 4.44. The van der Waals surface area contributed by atoms with Crippen LogP contribution in [0.25, 0.3) is 21.9 Å². The zero-order valence-corrected chi connectivity index (χ0v) is 12.6. The fourth-order valence-electron chi connectivity index (χ4n) is 2.45. The van der Waals surface area contributed by atoms with Crippen LogP contribution in [0.1, 0.15) is 0 Å². The molecule has 0 bridgehead atoms. The second-order valence-electron chi connectivity index (χ2n) is 4.90. The minimum absolute atomic E-state index is 0.00885. The molecule has 23 heavy (non-hydrogen) atoms. The summed E-state index contributed by atoms with van der Waals surface area (Å²) in [6.07, 6.45) is 1.56. The molecule has 0 saturated carbocycles. The number of H-pyrrole nitrogens is 1. The molecule has 0 fully saturated rings.